The lowest BCUT2D eigenvalue weighted by Gasteiger charge is -2.08. The Labute approximate surface area is 153 Å². The first-order valence-electron chi connectivity index (χ1n) is 7.95. The summed E-state index contributed by atoms with van der Waals surface area (Å²) in [7, 11) is 1.65. The number of nitrogen functional groups attached to an aromatic ring is 1. The third-order valence-corrected chi connectivity index (χ3v) is 4.94. The molecular weight excluding hydrogens is 352 g/mol. The van der Waals surface area contributed by atoms with Crippen LogP contribution in [0.4, 0.5) is 5.82 Å². The van der Waals surface area contributed by atoms with Crippen molar-refractivity contribution in [2.75, 3.05) is 12.8 Å². The molecule has 132 valence electrons. The van der Waals surface area contributed by atoms with E-state index < -0.39 is 0 Å². The summed E-state index contributed by atoms with van der Waals surface area (Å²) in [4.78, 5) is 11.0. The molecule has 0 saturated carbocycles. The minimum Gasteiger partial charge on any atom is -0.497 e. The summed E-state index contributed by atoms with van der Waals surface area (Å²) < 4.78 is 12.1. The van der Waals surface area contributed by atoms with Gasteiger partial charge in [-0.15, -0.1) is 0 Å². The number of aryl methyl sites for hydroxylation is 1. The number of methoxy groups -OCH3 is 1. The molecule has 8 nitrogen and oxygen atoms in total. The fourth-order valence-corrected chi connectivity index (χ4v) is 3.76. The van der Waals surface area contributed by atoms with E-state index in [1.807, 2.05) is 42.0 Å². The highest BCUT2D eigenvalue weighted by Crippen LogP contribution is 2.36. The molecule has 0 atom stereocenters. The van der Waals surface area contributed by atoms with E-state index in [1.165, 1.54) is 0 Å². The Morgan fingerprint density at radius 1 is 1.27 bits per heavy atom. The first-order valence-corrected chi connectivity index (χ1v) is 8.77. The number of benzene rings is 1. The molecule has 0 bridgehead atoms. The van der Waals surface area contributed by atoms with Crippen LogP contribution in [0.3, 0.4) is 0 Å². The Morgan fingerprint density at radius 2 is 2.15 bits per heavy atom. The van der Waals surface area contributed by atoms with Gasteiger partial charge in [0.1, 0.15) is 11.3 Å². The standard InChI is InChI=1S/C17H16N6O2S/c1-3-23-15-12(20-17(23)14-16(18)22-25-21-14)8-19-9-13(15)26-11-6-4-5-10(7-11)24-2/h4-9H,3H2,1-2H3,(H2,18,22). The van der Waals surface area contributed by atoms with Gasteiger partial charge in [0.2, 0.25) is 0 Å². The summed E-state index contributed by atoms with van der Waals surface area (Å²) in [5.41, 5.74) is 8.01. The summed E-state index contributed by atoms with van der Waals surface area (Å²) in [6.07, 6.45) is 3.55. The third kappa shape index (κ3) is 2.76. The number of nitrogens with zero attached hydrogens (tertiary/aromatic N) is 5. The van der Waals surface area contributed by atoms with Gasteiger partial charge in [0.15, 0.2) is 17.3 Å². The normalized spacial score (nSPS) is 11.2. The maximum atomic E-state index is 5.86. The van der Waals surface area contributed by atoms with Crippen LogP contribution < -0.4 is 10.5 Å². The second-order valence-corrected chi connectivity index (χ2v) is 6.58. The van der Waals surface area contributed by atoms with Crippen molar-refractivity contribution in [2.24, 2.45) is 0 Å². The zero-order valence-electron chi connectivity index (χ0n) is 14.2. The fourth-order valence-electron chi connectivity index (χ4n) is 2.76. The maximum Gasteiger partial charge on any atom is 0.199 e. The van der Waals surface area contributed by atoms with Crippen molar-refractivity contribution in [3.63, 3.8) is 0 Å². The summed E-state index contributed by atoms with van der Waals surface area (Å²) in [5, 5.41) is 7.54. The number of imidazole rings is 1. The Balaban J connectivity index is 1.85. The van der Waals surface area contributed by atoms with Crippen molar-refractivity contribution in [2.45, 2.75) is 23.3 Å². The molecule has 9 heteroatoms. The van der Waals surface area contributed by atoms with Crippen LogP contribution in [-0.2, 0) is 6.54 Å². The van der Waals surface area contributed by atoms with Crippen molar-refractivity contribution in [1.82, 2.24) is 24.8 Å². The van der Waals surface area contributed by atoms with E-state index in [-0.39, 0.29) is 5.82 Å². The fraction of sp³-hybridized carbons (Fsp3) is 0.176. The van der Waals surface area contributed by atoms with Gasteiger partial charge in [0.25, 0.3) is 0 Å². The molecule has 0 aliphatic carbocycles. The minimum atomic E-state index is 0.213. The Bertz CT molecular complexity index is 1070. The highest BCUT2D eigenvalue weighted by atomic mass is 32.2. The largest absolute Gasteiger partial charge is 0.497 e. The second-order valence-electron chi connectivity index (χ2n) is 5.46. The molecule has 0 saturated heterocycles. The number of rotatable bonds is 5. The molecule has 0 radical (unpaired) electrons. The van der Waals surface area contributed by atoms with E-state index in [4.69, 9.17) is 15.1 Å². The van der Waals surface area contributed by atoms with Crippen molar-refractivity contribution in [3.05, 3.63) is 36.7 Å². The molecule has 0 fully saturated rings. The molecule has 3 heterocycles. The van der Waals surface area contributed by atoms with E-state index in [2.05, 4.69) is 20.3 Å². The van der Waals surface area contributed by atoms with Gasteiger partial charge >= 0.3 is 0 Å². The van der Waals surface area contributed by atoms with Gasteiger partial charge in [-0.3, -0.25) is 4.98 Å². The van der Waals surface area contributed by atoms with E-state index in [9.17, 15) is 0 Å². The number of aromatic nitrogens is 5. The highest BCUT2D eigenvalue weighted by Gasteiger charge is 2.20. The first kappa shape index (κ1) is 16.4. The van der Waals surface area contributed by atoms with Gasteiger partial charge in [0.05, 0.1) is 23.7 Å². The lowest BCUT2D eigenvalue weighted by Crippen LogP contribution is -2.00. The van der Waals surface area contributed by atoms with E-state index in [0.29, 0.717) is 18.1 Å². The van der Waals surface area contributed by atoms with Gasteiger partial charge in [-0.05, 0) is 35.4 Å². The number of hydrogen-bond acceptors (Lipinski definition) is 8. The summed E-state index contributed by atoms with van der Waals surface area (Å²) in [6, 6.07) is 7.88. The average Bonchev–Trinajstić information content (AvgIpc) is 3.25. The van der Waals surface area contributed by atoms with Crippen LogP contribution in [-0.4, -0.2) is 32.0 Å². The molecule has 3 aromatic heterocycles. The number of pyridine rings is 1. The predicted octanol–water partition coefficient (Wildman–Crippen LogP) is 3.24. The zero-order valence-corrected chi connectivity index (χ0v) is 15.0. The van der Waals surface area contributed by atoms with Crippen LogP contribution in [0.2, 0.25) is 0 Å². The molecule has 2 N–H and O–H groups in total. The van der Waals surface area contributed by atoms with Crippen LogP contribution in [0.15, 0.2) is 51.1 Å². The Morgan fingerprint density at radius 3 is 2.88 bits per heavy atom. The lowest BCUT2D eigenvalue weighted by molar-refractivity contribution is 0.310. The average molecular weight is 368 g/mol. The lowest BCUT2D eigenvalue weighted by atomic mass is 10.3. The second kappa shape index (κ2) is 6.68. The van der Waals surface area contributed by atoms with Crippen molar-refractivity contribution >= 4 is 28.6 Å². The van der Waals surface area contributed by atoms with Crippen LogP contribution >= 0.6 is 11.8 Å². The van der Waals surface area contributed by atoms with Crippen LogP contribution in [0, 0.1) is 0 Å². The maximum absolute atomic E-state index is 5.86. The summed E-state index contributed by atoms with van der Waals surface area (Å²) in [6.45, 7) is 2.72. The van der Waals surface area contributed by atoms with Gasteiger partial charge < -0.3 is 15.0 Å². The molecule has 4 aromatic rings. The topological polar surface area (TPSA) is 105 Å². The number of anilines is 1. The Hall–Kier alpha value is -3.07. The molecule has 0 aliphatic heterocycles. The van der Waals surface area contributed by atoms with Crippen molar-refractivity contribution < 1.29 is 9.37 Å². The van der Waals surface area contributed by atoms with Gasteiger partial charge in [0, 0.05) is 17.6 Å². The predicted molar refractivity (Wildman–Crippen MR) is 98.0 cm³/mol. The number of nitrogens with two attached hydrogens (primary N) is 1. The van der Waals surface area contributed by atoms with E-state index in [1.54, 1.807) is 25.1 Å². The number of hydrogen-bond donors (Lipinski definition) is 1. The minimum absolute atomic E-state index is 0.213. The van der Waals surface area contributed by atoms with E-state index >= 15 is 0 Å². The Kier molecular flexibility index (Phi) is 4.21. The third-order valence-electron chi connectivity index (χ3n) is 3.93. The highest BCUT2D eigenvalue weighted by molar-refractivity contribution is 7.99. The SMILES string of the molecule is CCn1c(-c2nonc2N)nc2cncc(Sc3cccc(OC)c3)c21. The number of ether oxygens (including phenoxy) is 1. The molecule has 1 aromatic carbocycles. The molecule has 0 aliphatic rings. The molecule has 0 spiro atoms. The van der Waals surface area contributed by atoms with Gasteiger partial charge in [-0.1, -0.05) is 17.8 Å². The van der Waals surface area contributed by atoms with Crippen LogP contribution in [0.1, 0.15) is 6.92 Å². The number of fused-ring (bicyclic) bond motifs is 1. The molecular formula is C17H16N6O2S. The van der Waals surface area contributed by atoms with Crippen molar-refractivity contribution in [3.8, 4) is 17.3 Å². The smallest absolute Gasteiger partial charge is 0.199 e. The first-order chi connectivity index (χ1) is 12.7. The summed E-state index contributed by atoms with van der Waals surface area (Å²) >= 11 is 1.60. The molecule has 0 amide bonds. The summed E-state index contributed by atoms with van der Waals surface area (Å²) in [5.74, 6) is 1.63. The molecule has 26 heavy (non-hydrogen) atoms. The zero-order chi connectivity index (χ0) is 18.1. The van der Waals surface area contributed by atoms with E-state index in [0.717, 1.165) is 26.6 Å². The molecule has 4 rings (SSSR count). The van der Waals surface area contributed by atoms with Gasteiger partial charge in [-0.25, -0.2) is 9.61 Å². The quantitative estimate of drug-likeness (QED) is 0.572. The molecule has 0 unspecified atom stereocenters. The monoisotopic (exact) mass is 368 g/mol. The van der Waals surface area contributed by atoms with Gasteiger partial charge in [-0.2, -0.15) is 0 Å². The van der Waals surface area contributed by atoms with Crippen LogP contribution in [0.5, 0.6) is 5.75 Å². The van der Waals surface area contributed by atoms with Crippen LogP contribution in [0.25, 0.3) is 22.6 Å². The van der Waals surface area contributed by atoms with Crippen molar-refractivity contribution in [1.29, 1.82) is 0 Å².